The van der Waals surface area contributed by atoms with Crippen LogP contribution in [0.15, 0.2) is 12.5 Å². The lowest BCUT2D eigenvalue weighted by molar-refractivity contribution is 0.262. The Hall–Kier alpha value is -0.830. The molecule has 1 rings (SSSR count). The van der Waals surface area contributed by atoms with E-state index in [1.807, 2.05) is 6.20 Å². The molecule has 3 heteroatoms. The van der Waals surface area contributed by atoms with Crippen molar-refractivity contribution in [2.75, 3.05) is 6.54 Å². The van der Waals surface area contributed by atoms with E-state index in [1.165, 1.54) is 5.69 Å². The van der Waals surface area contributed by atoms with Gasteiger partial charge in [0.15, 0.2) is 0 Å². The summed E-state index contributed by atoms with van der Waals surface area (Å²) in [5.74, 6) is 0. The third-order valence-corrected chi connectivity index (χ3v) is 2.70. The van der Waals surface area contributed by atoms with Crippen molar-refractivity contribution in [2.45, 2.75) is 39.5 Å². The third-order valence-electron chi connectivity index (χ3n) is 2.70. The number of aromatic nitrogens is 2. The van der Waals surface area contributed by atoms with Gasteiger partial charge in [-0.15, -0.1) is 0 Å². The Morgan fingerprint density at radius 1 is 1.36 bits per heavy atom. The van der Waals surface area contributed by atoms with E-state index in [2.05, 4.69) is 37.7 Å². The number of nitrogens with zero attached hydrogens (tertiary/aromatic N) is 1. The molecule has 0 amide bonds. The average molecular weight is 195 g/mol. The fourth-order valence-corrected chi connectivity index (χ4v) is 1.99. The van der Waals surface area contributed by atoms with Crippen LogP contribution in [0.4, 0.5) is 0 Å². The fourth-order valence-electron chi connectivity index (χ4n) is 1.99. The highest BCUT2D eigenvalue weighted by molar-refractivity contribution is 5.10. The van der Waals surface area contributed by atoms with Gasteiger partial charge in [0.05, 0.1) is 6.33 Å². The predicted octanol–water partition coefficient (Wildman–Crippen LogP) is 2.06. The van der Waals surface area contributed by atoms with Crippen LogP contribution in [-0.4, -0.2) is 16.5 Å². The zero-order valence-electron chi connectivity index (χ0n) is 9.59. The number of nitrogens with two attached hydrogens (primary N) is 1. The van der Waals surface area contributed by atoms with E-state index >= 15 is 0 Å². The van der Waals surface area contributed by atoms with Crippen LogP contribution in [0.3, 0.4) is 0 Å². The summed E-state index contributed by atoms with van der Waals surface area (Å²) in [6.45, 7) is 9.55. The summed E-state index contributed by atoms with van der Waals surface area (Å²) in [4.78, 5) is 7.23. The maximum atomic E-state index is 5.74. The summed E-state index contributed by atoms with van der Waals surface area (Å²) in [5.41, 5.74) is 7.21. The first-order valence-electron chi connectivity index (χ1n) is 5.06. The van der Waals surface area contributed by atoms with Gasteiger partial charge in [0.1, 0.15) is 0 Å². The van der Waals surface area contributed by atoms with Crippen LogP contribution in [0.5, 0.6) is 0 Å². The Labute approximate surface area is 86.1 Å². The van der Waals surface area contributed by atoms with Crippen molar-refractivity contribution in [3.05, 3.63) is 18.2 Å². The van der Waals surface area contributed by atoms with Crippen molar-refractivity contribution >= 4 is 0 Å². The molecule has 0 radical (unpaired) electrons. The summed E-state index contributed by atoms with van der Waals surface area (Å²) < 4.78 is 0. The van der Waals surface area contributed by atoms with E-state index in [0.717, 1.165) is 6.42 Å². The number of H-pyrrole nitrogens is 1. The molecular formula is C11H21N3. The van der Waals surface area contributed by atoms with Crippen molar-refractivity contribution in [1.29, 1.82) is 0 Å². The van der Waals surface area contributed by atoms with Crippen molar-refractivity contribution in [3.8, 4) is 0 Å². The quantitative estimate of drug-likeness (QED) is 0.772. The van der Waals surface area contributed by atoms with Crippen molar-refractivity contribution < 1.29 is 0 Å². The molecule has 1 aromatic heterocycles. The number of imidazole rings is 1. The van der Waals surface area contributed by atoms with Gasteiger partial charge in [-0.25, -0.2) is 4.98 Å². The Kier molecular flexibility index (Phi) is 3.00. The highest BCUT2D eigenvalue weighted by Gasteiger charge is 2.30. The number of hydrogen-bond donors (Lipinski definition) is 2. The number of nitrogens with one attached hydrogen (secondary N) is 1. The standard InChI is InChI=1S/C11H21N3/c1-10(2,7-12)6-11(3,4)9-5-13-8-14-9/h5,8H,6-7,12H2,1-4H3,(H,13,14). The van der Waals surface area contributed by atoms with Crippen LogP contribution in [0.2, 0.25) is 0 Å². The van der Waals surface area contributed by atoms with Crippen LogP contribution < -0.4 is 5.73 Å². The van der Waals surface area contributed by atoms with E-state index in [-0.39, 0.29) is 10.8 Å². The molecule has 1 aromatic rings. The highest BCUT2D eigenvalue weighted by atomic mass is 14.9. The molecule has 0 aliphatic carbocycles. The van der Waals surface area contributed by atoms with Crippen LogP contribution in [0.25, 0.3) is 0 Å². The van der Waals surface area contributed by atoms with Crippen molar-refractivity contribution in [2.24, 2.45) is 11.1 Å². The first-order chi connectivity index (χ1) is 6.37. The molecule has 0 spiro atoms. The minimum Gasteiger partial charge on any atom is -0.348 e. The zero-order chi connectivity index (χ0) is 10.8. The minimum absolute atomic E-state index is 0.110. The topological polar surface area (TPSA) is 54.7 Å². The SMILES string of the molecule is CC(C)(CN)CC(C)(C)c1cnc[nH]1. The normalized spacial score (nSPS) is 13.2. The Bertz CT molecular complexity index is 273. The first-order valence-corrected chi connectivity index (χ1v) is 5.06. The van der Waals surface area contributed by atoms with E-state index in [1.54, 1.807) is 6.33 Å². The fraction of sp³-hybridized carbons (Fsp3) is 0.727. The second-order valence-corrected chi connectivity index (χ2v) is 5.39. The lowest BCUT2D eigenvalue weighted by Crippen LogP contribution is -2.32. The van der Waals surface area contributed by atoms with Gasteiger partial charge in [-0.1, -0.05) is 27.7 Å². The maximum Gasteiger partial charge on any atom is 0.0921 e. The van der Waals surface area contributed by atoms with Crippen LogP contribution >= 0.6 is 0 Å². The Balaban J connectivity index is 2.77. The predicted molar refractivity (Wildman–Crippen MR) is 59.1 cm³/mol. The zero-order valence-corrected chi connectivity index (χ0v) is 9.59. The molecule has 0 aromatic carbocycles. The first kappa shape index (κ1) is 11.2. The Morgan fingerprint density at radius 2 is 2.00 bits per heavy atom. The van der Waals surface area contributed by atoms with Gasteiger partial charge in [0.25, 0.3) is 0 Å². The second-order valence-electron chi connectivity index (χ2n) is 5.39. The van der Waals surface area contributed by atoms with Crippen LogP contribution in [-0.2, 0) is 5.41 Å². The molecular weight excluding hydrogens is 174 g/mol. The van der Waals surface area contributed by atoms with Gasteiger partial charge < -0.3 is 10.7 Å². The summed E-state index contributed by atoms with van der Waals surface area (Å²) in [6.07, 6.45) is 4.68. The molecule has 3 N–H and O–H groups in total. The summed E-state index contributed by atoms with van der Waals surface area (Å²) in [5, 5.41) is 0. The second kappa shape index (κ2) is 3.73. The number of rotatable bonds is 4. The molecule has 0 fully saturated rings. The lowest BCUT2D eigenvalue weighted by atomic mass is 9.73. The van der Waals surface area contributed by atoms with Gasteiger partial charge >= 0.3 is 0 Å². The molecule has 0 atom stereocenters. The monoisotopic (exact) mass is 195 g/mol. The van der Waals surface area contributed by atoms with Crippen LogP contribution in [0, 0.1) is 5.41 Å². The molecule has 0 aliphatic rings. The highest BCUT2D eigenvalue weighted by Crippen LogP contribution is 2.34. The smallest absolute Gasteiger partial charge is 0.0921 e. The average Bonchev–Trinajstić information content (AvgIpc) is 2.54. The molecule has 0 saturated heterocycles. The van der Waals surface area contributed by atoms with E-state index in [9.17, 15) is 0 Å². The molecule has 0 saturated carbocycles. The molecule has 80 valence electrons. The van der Waals surface area contributed by atoms with E-state index in [0.29, 0.717) is 6.54 Å². The van der Waals surface area contributed by atoms with Crippen LogP contribution in [0.1, 0.15) is 39.8 Å². The van der Waals surface area contributed by atoms with E-state index in [4.69, 9.17) is 5.73 Å². The molecule has 3 nitrogen and oxygen atoms in total. The van der Waals surface area contributed by atoms with Gasteiger partial charge in [0.2, 0.25) is 0 Å². The number of aromatic amines is 1. The summed E-state index contributed by atoms with van der Waals surface area (Å²) in [6, 6.07) is 0. The largest absolute Gasteiger partial charge is 0.348 e. The molecule has 1 heterocycles. The molecule has 0 unspecified atom stereocenters. The molecule has 0 bridgehead atoms. The summed E-state index contributed by atoms with van der Waals surface area (Å²) >= 11 is 0. The van der Waals surface area contributed by atoms with Gasteiger partial charge in [-0.3, -0.25) is 0 Å². The maximum absolute atomic E-state index is 5.74. The van der Waals surface area contributed by atoms with Crippen molar-refractivity contribution in [1.82, 2.24) is 9.97 Å². The number of hydrogen-bond acceptors (Lipinski definition) is 2. The lowest BCUT2D eigenvalue weighted by Gasteiger charge is -2.33. The molecule has 0 aliphatic heterocycles. The Morgan fingerprint density at radius 3 is 2.43 bits per heavy atom. The van der Waals surface area contributed by atoms with Gasteiger partial charge in [0, 0.05) is 17.3 Å². The minimum atomic E-state index is 0.110. The van der Waals surface area contributed by atoms with Gasteiger partial charge in [-0.05, 0) is 18.4 Å². The summed E-state index contributed by atoms with van der Waals surface area (Å²) in [7, 11) is 0. The van der Waals surface area contributed by atoms with Gasteiger partial charge in [-0.2, -0.15) is 0 Å². The third kappa shape index (κ3) is 2.58. The van der Waals surface area contributed by atoms with E-state index < -0.39 is 0 Å². The molecule has 14 heavy (non-hydrogen) atoms. The van der Waals surface area contributed by atoms with Crippen molar-refractivity contribution in [3.63, 3.8) is 0 Å².